The lowest BCUT2D eigenvalue weighted by atomic mass is 9.93. The van der Waals surface area contributed by atoms with Crippen LogP contribution in [-0.2, 0) is 14.3 Å². The van der Waals surface area contributed by atoms with Crippen molar-refractivity contribution in [2.24, 2.45) is 4.99 Å². The summed E-state index contributed by atoms with van der Waals surface area (Å²) in [6.07, 6.45) is 5.01. The Kier molecular flexibility index (Phi) is 10.9. The smallest absolute Gasteiger partial charge is 0.338 e. The Bertz CT molecular complexity index is 1820. The van der Waals surface area contributed by atoms with E-state index in [0.29, 0.717) is 61.5 Å². The number of rotatable bonds is 12. The van der Waals surface area contributed by atoms with Gasteiger partial charge in [-0.15, -0.1) is 0 Å². The molecule has 1 amide bonds. The molecule has 244 valence electrons. The molecule has 1 saturated heterocycles. The normalized spacial score (nSPS) is 16.2. The van der Waals surface area contributed by atoms with Crippen molar-refractivity contribution in [3.8, 4) is 17.2 Å². The van der Waals surface area contributed by atoms with Crippen molar-refractivity contribution in [1.82, 2.24) is 9.47 Å². The lowest BCUT2D eigenvalue weighted by molar-refractivity contribution is -0.139. The Balaban J connectivity index is 1.60. The first kappa shape index (κ1) is 33.3. The molecule has 0 N–H and O–H groups in total. The number of benzene rings is 2. The van der Waals surface area contributed by atoms with E-state index < -0.39 is 12.0 Å². The van der Waals surface area contributed by atoms with Crippen LogP contribution in [0.15, 0.2) is 57.5 Å². The zero-order valence-electron chi connectivity index (χ0n) is 26.5. The zero-order chi connectivity index (χ0) is 32.8. The minimum Gasteiger partial charge on any atom is -0.496 e. The van der Waals surface area contributed by atoms with Crippen molar-refractivity contribution in [1.29, 1.82) is 0 Å². The van der Waals surface area contributed by atoms with Crippen molar-refractivity contribution in [2.75, 3.05) is 40.0 Å². The maximum atomic E-state index is 14.2. The monoisotopic (exact) mass is 667 g/mol. The van der Waals surface area contributed by atoms with Gasteiger partial charge in [0, 0.05) is 23.7 Å². The number of aromatic nitrogens is 1. The van der Waals surface area contributed by atoms with Crippen LogP contribution in [0.2, 0.25) is 5.02 Å². The van der Waals surface area contributed by atoms with Crippen LogP contribution in [0.4, 0.5) is 0 Å². The van der Waals surface area contributed by atoms with Crippen molar-refractivity contribution >= 4 is 40.9 Å². The lowest BCUT2D eigenvalue weighted by Gasteiger charge is -2.27. The third kappa shape index (κ3) is 7.00. The van der Waals surface area contributed by atoms with Crippen LogP contribution in [-0.4, -0.2) is 61.4 Å². The summed E-state index contributed by atoms with van der Waals surface area (Å²) >= 11 is 7.67. The molecule has 0 bridgehead atoms. The molecule has 0 saturated carbocycles. The van der Waals surface area contributed by atoms with Gasteiger partial charge in [-0.1, -0.05) is 42.3 Å². The van der Waals surface area contributed by atoms with E-state index in [9.17, 15) is 14.4 Å². The predicted octanol–water partition coefficient (Wildman–Crippen LogP) is 4.64. The lowest BCUT2D eigenvalue weighted by Crippen LogP contribution is -2.40. The highest BCUT2D eigenvalue weighted by atomic mass is 35.5. The SMILES string of the molecule is CCCC1=C(C(=O)OCC)[C@@H](c2cc(Cl)ccc2OC)n2c(s/c(=C\c3ccc(OCC(=O)N4CCCC4)c(OCC)c3)c2=O)=N1. The summed E-state index contributed by atoms with van der Waals surface area (Å²) in [5, 5.41) is 0.433. The number of likely N-dealkylation sites (tertiary alicyclic amines) is 1. The molecule has 2 aliphatic rings. The quantitative estimate of drug-likeness (QED) is 0.259. The third-order valence-corrected chi connectivity index (χ3v) is 8.97. The van der Waals surface area contributed by atoms with Crippen LogP contribution in [0.3, 0.4) is 0 Å². The van der Waals surface area contributed by atoms with Gasteiger partial charge in [0.1, 0.15) is 11.8 Å². The number of esters is 1. The van der Waals surface area contributed by atoms with Crippen molar-refractivity contribution in [2.45, 2.75) is 52.5 Å². The Morgan fingerprint density at radius 2 is 1.78 bits per heavy atom. The van der Waals surface area contributed by atoms with Gasteiger partial charge < -0.3 is 23.8 Å². The zero-order valence-corrected chi connectivity index (χ0v) is 28.0. The van der Waals surface area contributed by atoms with Crippen LogP contribution in [0, 0.1) is 0 Å². The predicted molar refractivity (Wildman–Crippen MR) is 177 cm³/mol. The summed E-state index contributed by atoms with van der Waals surface area (Å²) in [4.78, 5) is 47.3. The molecule has 0 unspecified atom stereocenters. The highest BCUT2D eigenvalue weighted by molar-refractivity contribution is 7.07. The number of hydrogen-bond donors (Lipinski definition) is 0. The van der Waals surface area contributed by atoms with Crippen molar-refractivity contribution < 1.29 is 28.5 Å². The number of methoxy groups -OCH3 is 1. The van der Waals surface area contributed by atoms with Gasteiger partial charge >= 0.3 is 5.97 Å². The number of ether oxygens (including phenoxy) is 4. The molecule has 1 fully saturated rings. The van der Waals surface area contributed by atoms with E-state index in [1.165, 1.54) is 23.0 Å². The summed E-state index contributed by atoms with van der Waals surface area (Å²) in [5.41, 5.74) is 1.76. The van der Waals surface area contributed by atoms with Crippen molar-refractivity contribution in [3.63, 3.8) is 0 Å². The van der Waals surface area contributed by atoms with Crippen LogP contribution >= 0.6 is 22.9 Å². The molecule has 46 heavy (non-hydrogen) atoms. The van der Waals surface area contributed by atoms with E-state index in [0.717, 1.165) is 32.4 Å². The number of fused-ring (bicyclic) bond motifs is 1. The number of amides is 1. The Hall–Kier alpha value is -4.09. The van der Waals surface area contributed by atoms with E-state index in [1.54, 1.807) is 54.3 Å². The van der Waals surface area contributed by atoms with Gasteiger partial charge in [0.15, 0.2) is 22.9 Å². The molecule has 12 heteroatoms. The molecule has 1 atom stereocenters. The molecule has 5 rings (SSSR count). The van der Waals surface area contributed by atoms with Gasteiger partial charge in [0.25, 0.3) is 11.5 Å². The van der Waals surface area contributed by atoms with E-state index in [2.05, 4.69) is 0 Å². The summed E-state index contributed by atoms with van der Waals surface area (Å²) in [5.74, 6) is 0.791. The summed E-state index contributed by atoms with van der Waals surface area (Å²) in [7, 11) is 1.53. The van der Waals surface area contributed by atoms with Gasteiger partial charge in [0.05, 0.1) is 36.1 Å². The van der Waals surface area contributed by atoms with E-state index >= 15 is 0 Å². The maximum Gasteiger partial charge on any atom is 0.338 e. The number of hydrogen-bond acceptors (Lipinski definition) is 9. The fourth-order valence-corrected chi connectivity index (χ4v) is 6.89. The molecule has 3 aromatic rings. The van der Waals surface area contributed by atoms with E-state index in [1.807, 2.05) is 13.8 Å². The fourth-order valence-electron chi connectivity index (χ4n) is 5.68. The van der Waals surface area contributed by atoms with Gasteiger partial charge in [0.2, 0.25) is 0 Å². The van der Waals surface area contributed by atoms with E-state index in [-0.39, 0.29) is 30.3 Å². The van der Waals surface area contributed by atoms with Gasteiger partial charge in [-0.3, -0.25) is 14.2 Å². The first-order valence-corrected chi connectivity index (χ1v) is 16.7. The fraction of sp³-hybridized carbons (Fsp3) is 0.412. The Morgan fingerprint density at radius 1 is 1.02 bits per heavy atom. The number of carbonyl (C=O) groups excluding carboxylic acids is 2. The molecule has 0 spiro atoms. The van der Waals surface area contributed by atoms with Crippen LogP contribution in [0.5, 0.6) is 17.2 Å². The second-order valence-electron chi connectivity index (χ2n) is 10.8. The van der Waals surface area contributed by atoms with Gasteiger partial charge in [-0.25, -0.2) is 9.79 Å². The highest BCUT2D eigenvalue weighted by Crippen LogP contribution is 2.38. The first-order valence-electron chi connectivity index (χ1n) is 15.5. The summed E-state index contributed by atoms with van der Waals surface area (Å²) in [6.45, 7) is 7.59. The molecule has 0 aliphatic carbocycles. The maximum absolute atomic E-state index is 14.2. The van der Waals surface area contributed by atoms with Crippen molar-refractivity contribution in [3.05, 3.63) is 83.5 Å². The third-order valence-electron chi connectivity index (χ3n) is 7.75. The van der Waals surface area contributed by atoms with Crippen LogP contribution in [0.1, 0.15) is 63.6 Å². The minimum absolute atomic E-state index is 0.0550. The average molecular weight is 668 g/mol. The second kappa shape index (κ2) is 15.0. The molecule has 3 heterocycles. The molecule has 2 aliphatic heterocycles. The number of nitrogens with zero attached hydrogens (tertiary/aromatic N) is 3. The second-order valence-corrected chi connectivity index (χ2v) is 12.3. The van der Waals surface area contributed by atoms with Gasteiger partial charge in [-0.05, 0) is 75.1 Å². The molecular weight excluding hydrogens is 630 g/mol. The molecule has 10 nitrogen and oxygen atoms in total. The highest BCUT2D eigenvalue weighted by Gasteiger charge is 2.36. The molecular formula is C34H38ClN3O7S. The number of allylic oxidation sites excluding steroid dienone is 1. The summed E-state index contributed by atoms with van der Waals surface area (Å²) in [6, 6.07) is 9.58. The van der Waals surface area contributed by atoms with E-state index in [4.69, 9.17) is 35.5 Å². The van der Waals surface area contributed by atoms with Crippen LogP contribution in [0.25, 0.3) is 6.08 Å². The number of carbonyl (C=O) groups is 2. The average Bonchev–Trinajstić information content (AvgIpc) is 3.69. The molecule has 0 radical (unpaired) electrons. The Labute approximate surface area is 276 Å². The standard InChI is InChI=1S/C34H38ClN3O7S/c1-5-10-24-30(33(41)44-7-3)31(23-19-22(35)12-14-25(23)42-4)38-32(40)28(46-34(38)36-24)18-21-11-13-26(27(17-21)43-6-2)45-20-29(39)37-15-8-9-16-37/h11-14,17-19,31H,5-10,15-16,20H2,1-4H3/b28-18-/t31-/m1/s1. The largest absolute Gasteiger partial charge is 0.496 e. The summed E-state index contributed by atoms with van der Waals surface area (Å²) < 4.78 is 24.8. The Morgan fingerprint density at radius 3 is 2.48 bits per heavy atom. The first-order chi connectivity index (χ1) is 22.3. The number of thiazole rings is 1. The minimum atomic E-state index is -0.865. The topological polar surface area (TPSA) is 109 Å². The molecule has 2 aromatic carbocycles. The van der Waals surface area contributed by atoms with Gasteiger partial charge in [-0.2, -0.15) is 0 Å². The van der Waals surface area contributed by atoms with Crippen LogP contribution < -0.4 is 29.1 Å². The molecule has 1 aromatic heterocycles. The number of halogens is 1.